The van der Waals surface area contributed by atoms with Crippen LogP contribution in [0.15, 0.2) is 29.2 Å². The van der Waals surface area contributed by atoms with Gasteiger partial charge >= 0.3 is 0 Å². The molecule has 2 N–H and O–H groups in total. The van der Waals surface area contributed by atoms with E-state index in [4.69, 9.17) is 0 Å². The Kier molecular flexibility index (Phi) is 5.62. The number of benzene rings is 1. The molecule has 0 aromatic heterocycles. The predicted molar refractivity (Wildman–Crippen MR) is 75.3 cm³/mol. The van der Waals surface area contributed by atoms with Gasteiger partial charge in [-0.3, -0.25) is 0 Å². The molecule has 0 amide bonds. The van der Waals surface area contributed by atoms with Crippen LogP contribution in [0.4, 0.5) is 5.69 Å². The highest BCUT2D eigenvalue weighted by Crippen LogP contribution is 2.15. The van der Waals surface area contributed by atoms with Crippen molar-refractivity contribution in [3.8, 4) is 0 Å². The molecule has 5 heteroatoms. The molecule has 0 saturated heterocycles. The molecule has 1 aromatic carbocycles. The zero-order valence-electron chi connectivity index (χ0n) is 11.2. The lowest BCUT2D eigenvalue weighted by atomic mass is 10.1. The van der Waals surface area contributed by atoms with E-state index in [0.717, 1.165) is 12.1 Å². The van der Waals surface area contributed by atoms with Crippen LogP contribution in [0.2, 0.25) is 0 Å². The van der Waals surface area contributed by atoms with Crippen molar-refractivity contribution in [1.29, 1.82) is 0 Å². The van der Waals surface area contributed by atoms with Crippen molar-refractivity contribution in [2.24, 2.45) is 0 Å². The molecule has 1 rings (SSSR count). The number of sulfonamides is 1. The molecule has 4 nitrogen and oxygen atoms in total. The molecule has 0 aliphatic carbocycles. The SMILES string of the molecule is CCCCC(C)Nc1ccc(S(=O)(=O)NC)cc1. The van der Waals surface area contributed by atoms with Crippen LogP contribution in [0.3, 0.4) is 0 Å². The smallest absolute Gasteiger partial charge is 0.240 e. The van der Waals surface area contributed by atoms with Gasteiger partial charge in [0.15, 0.2) is 0 Å². The van der Waals surface area contributed by atoms with E-state index in [2.05, 4.69) is 23.9 Å². The lowest BCUT2D eigenvalue weighted by Crippen LogP contribution is -2.19. The molecule has 0 heterocycles. The van der Waals surface area contributed by atoms with Gasteiger partial charge in [-0.25, -0.2) is 13.1 Å². The van der Waals surface area contributed by atoms with Crippen LogP contribution >= 0.6 is 0 Å². The fourth-order valence-electron chi connectivity index (χ4n) is 1.72. The molecule has 0 saturated carbocycles. The number of unbranched alkanes of at least 4 members (excludes halogenated alkanes) is 1. The summed E-state index contributed by atoms with van der Waals surface area (Å²) in [6, 6.07) is 7.22. The number of hydrogen-bond donors (Lipinski definition) is 2. The molecule has 0 bridgehead atoms. The Labute approximate surface area is 110 Å². The van der Waals surface area contributed by atoms with Gasteiger partial charge in [0.05, 0.1) is 4.90 Å². The summed E-state index contributed by atoms with van der Waals surface area (Å²) in [6.45, 7) is 4.30. The molecule has 1 aromatic rings. The van der Waals surface area contributed by atoms with Crippen LogP contribution in [0.5, 0.6) is 0 Å². The van der Waals surface area contributed by atoms with E-state index in [9.17, 15) is 8.42 Å². The Morgan fingerprint density at radius 3 is 2.33 bits per heavy atom. The fraction of sp³-hybridized carbons (Fsp3) is 0.538. The Morgan fingerprint density at radius 2 is 1.83 bits per heavy atom. The largest absolute Gasteiger partial charge is 0.383 e. The molecule has 1 unspecified atom stereocenters. The van der Waals surface area contributed by atoms with Crippen molar-refractivity contribution >= 4 is 15.7 Å². The first-order chi connectivity index (χ1) is 8.49. The maximum Gasteiger partial charge on any atom is 0.240 e. The third-order valence-corrected chi connectivity index (χ3v) is 4.27. The first-order valence-electron chi connectivity index (χ1n) is 6.29. The Hall–Kier alpha value is -1.07. The summed E-state index contributed by atoms with van der Waals surface area (Å²) >= 11 is 0. The maximum absolute atomic E-state index is 11.5. The minimum Gasteiger partial charge on any atom is -0.383 e. The summed E-state index contributed by atoms with van der Waals surface area (Å²) in [7, 11) is -1.92. The first kappa shape index (κ1) is 15.0. The Bertz CT molecular complexity index is 454. The summed E-state index contributed by atoms with van der Waals surface area (Å²) in [5, 5.41) is 3.36. The summed E-state index contributed by atoms with van der Waals surface area (Å²) in [4.78, 5) is 0.289. The van der Waals surface area contributed by atoms with Crippen molar-refractivity contribution in [2.75, 3.05) is 12.4 Å². The molecule has 102 valence electrons. The molecule has 18 heavy (non-hydrogen) atoms. The van der Waals surface area contributed by atoms with E-state index < -0.39 is 10.0 Å². The highest BCUT2D eigenvalue weighted by Gasteiger charge is 2.10. The zero-order chi connectivity index (χ0) is 13.6. The summed E-state index contributed by atoms with van der Waals surface area (Å²) in [6.07, 6.45) is 3.50. The van der Waals surface area contributed by atoms with Crippen LogP contribution in [0.1, 0.15) is 33.1 Å². The van der Waals surface area contributed by atoms with Gasteiger partial charge in [0.25, 0.3) is 0 Å². The molecule has 0 aliphatic rings. The summed E-state index contributed by atoms with van der Waals surface area (Å²) in [5.41, 5.74) is 0.952. The Morgan fingerprint density at radius 1 is 1.22 bits per heavy atom. The van der Waals surface area contributed by atoms with Gasteiger partial charge in [-0.15, -0.1) is 0 Å². The summed E-state index contributed by atoms with van der Waals surface area (Å²) < 4.78 is 25.4. The van der Waals surface area contributed by atoms with Crippen LogP contribution < -0.4 is 10.0 Å². The van der Waals surface area contributed by atoms with Gasteiger partial charge in [-0.1, -0.05) is 19.8 Å². The highest BCUT2D eigenvalue weighted by molar-refractivity contribution is 7.89. The van der Waals surface area contributed by atoms with Crippen molar-refractivity contribution < 1.29 is 8.42 Å². The second-order valence-electron chi connectivity index (χ2n) is 4.42. The minimum atomic E-state index is -3.34. The molecular formula is C13H22N2O2S. The van der Waals surface area contributed by atoms with Crippen molar-refractivity contribution in [3.63, 3.8) is 0 Å². The van der Waals surface area contributed by atoms with E-state index in [1.807, 2.05) is 0 Å². The van der Waals surface area contributed by atoms with Gasteiger partial charge in [-0.2, -0.15) is 0 Å². The van der Waals surface area contributed by atoms with Crippen molar-refractivity contribution in [1.82, 2.24) is 4.72 Å². The van der Waals surface area contributed by atoms with Crippen molar-refractivity contribution in [2.45, 2.75) is 44.0 Å². The van der Waals surface area contributed by atoms with Gasteiger partial charge in [0, 0.05) is 11.7 Å². The van der Waals surface area contributed by atoms with E-state index >= 15 is 0 Å². The first-order valence-corrected chi connectivity index (χ1v) is 7.78. The zero-order valence-corrected chi connectivity index (χ0v) is 12.0. The van der Waals surface area contributed by atoms with E-state index in [0.29, 0.717) is 6.04 Å². The lowest BCUT2D eigenvalue weighted by Gasteiger charge is -2.15. The number of hydrogen-bond acceptors (Lipinski definition) is 3. The van der Waals surface area contributed by atoms with Gasteiger partial charge in [-0.05, 0) is 44.7 Å². The highest BCUT2D eigenvalue weighted by atomic mass is 32.2. The third-order valence-electron chi connectivity index (χ3n) is 2.84. The van der Waals surface area contributed by atoms with Crippen LogP contribution in [-0.4, -0.2) is 21.5 Å². The maximum atomic E-state index is 11.5. The van der Waals surface area contributed by atoms with Crippen LogP contribution in [0.25, 0.3) is 0 Å². The van der Waals surface area contributed by atoms with Crippen LogP contribution in [0, 0.1) is 0 Å². The second kappa shape index (κ2) is 6.75. The van der Waals surface area contributed by atoms with Gasteiger partial charge in [0.1, 0.15) is 0 Å². The molecule has 0 aliphatic heterocycles. The van der Waals surface area contributed by atoms with E-state index in [1.165, 1.54) is 19.9 Å². The van der Waals surface area contributed by atoms with E-state index in [-0.39, 0.29) is 4.90 Å². The lowest BCUT2D eigenvalue weighted by molar-refractivity contribution is 0.588. The number of anilines is 1. The van der Waals surface area contributed by atoms with Crippen molar-refractivity contribution in [3.05, 3.63) is 24.3 Å². The van der Waals surface area contributed by atoms with Gasteiger partial charge in [0.2, 0.25) is 10.0 Å². The normalized spacial score (nSPS) is 13.3. The average Bonchev–Trinajstić information content (AvgIpc) is 2.37. The molecular weight excluding hydrogens is 248 g/mol. The quantitative estimate of drug-likeness (QED) is 0.800. The molecule has 1 atom stereocenters. The molecule has 0 radical (unpaired) electrons. The van der Waals surface area contributed by atoms with Gasteiger partial charge < -0.3 is 5.32 Å². The summed E-state index contributed by atoms with van der Waals surface area (Å²) in [5.74, 6) is 0. The topological polar surface area (TPSA) is 58.2 Å². The third kappa shape index (κ3) is 4.31. The number of rotatable bonds is 7. The monoisotopic (exact) mass is 270 g/mol. The molecule has 0 spiro atoms. The number of nitrogens with one attached hydrogen (secondary N) is 2. The van der Waals surface area contributed by atoms with Crippen LogP contribution in [-0.2, 0) is 10.0 Å². The minimum absolute atomic E-state index is 0.289. The average molecular weight is 270 g/mol. The fourth-order valence-corrected chi connectivity index (χ4v) is 2.45. The predicted octanol–water partition coefficient (Wildman–Crippen LogP) is 2.59. The second-order valence-corrected chi connectivity index (χ2v) is 6.31. The Balaban J connectivity index is 2.66. The van der Waals surface area contributed by atoms with E-state index in [1.54, 1.807) is 24.3 Å². The standard InChI is InChI=1S/C13H22N2O2S/c1-4-5-6-11(2)15-12-7-9-13(10-8-12)18(16,17)14-3/h7-11,14-15H,4-6H2,1-3H3. The molecule has 0 fully saturated rings.